The zero-order valence-electron chi connectivity index (χ0n) is 12.8. The van der Waals surface area contributed by atoms with Crippen LogP contribution in [0.2, 0.25) is 0 Å². The van der Waals surface area contributed by atoms with E-state index in [0.29, 0.717) is 11.9 Å². The normalized spacial score (nSPS) is 18.9. The molecule has 1 aliphatic heterocycles. The molecule has 1 atom stereocenters. The molecule has 116 valence electrons. The number of nitrogens with one attached hydrogen (secondary N) is 1. The lowest BCUT2D eigenvalue weighted by atomic mass is 10.1. The number of anilines is 1. The summed E-state index contributed by atoms with van der Waals surface area (Å²) in [6.07, 6.45) is 7.60. The molecule has 0 aromatic carbocycles. The Hall–Kier alpha value is -2.21. The SMILES string of the molecule is COc1cc(NC2CCCN(Cc3cccnc3)C2)ncn1. The first-order valence-corrected chi connectivity index (χ1v) is 7.57. The third kappa shape index (κ3) is 3.92. The lowest BCUT2D eigenvalue weighted by molar-refractivity contribution is 0.208. The van der Waals surface area contributed by atoms with Crippen molar-refractivity contribution in [1.29, 1.82) is 0 Å². The summed E-state index contributed by atoms with van der Waals surface area (Å²) in [5, 5.41) is 3.48. The molecule has 3 rings (SSSR count). The van der Waals surface area contributed by atoms with E-state index in [4.69, 9.17) is 4.74 Å². The molecule has 0 amide bonds. The molecule has 0 spiro atoms. The van der Waals surface area contributed by atoms with Gasteiger partial charge >= 0.3 is 0 Å². The van der Waals surface area contributed by atoms with Gasteiger partial charge in [0.05, 0.1) is 7.11 Å². The van der Waals surface area contributed by atoms with Crippen molar-refractivity contribution in [3.8, 4) is 5.88 Å². The highest BCUT2D eigenvalue weighted by molar-refractivity contribution is 5.38. The number of rotatable bonds is 5. The van der Waals surface area contributed by atoms with Crippen molar-refractivity contribution in [1.82, 2.24) is 19.9 Å². The van der Waals surface area contributed by atoms with Gasteiger partial charge in [-0.1, -0.05) is 6.07 Å². The number of likely N-dealkylation sites (tertiary alicyclic amines) is 1. The van der Waals surface area contributed by atoms with Crippen molar-refractivity contribution in [3.05, 3.63) is 42.5 Å². The Balaban J connectivity index is 1.58. The monoisotopic (exact) mass is 299 g/mol. The fourth-order valence-electron chi connectivity index (χ4n) is 2.81. The summed E-state index contributed by atoms with van der Waals surface area (Å²) < 4.78 is 5.14. The first-order valence-electron chi connectivity index (χ1n) is 7.57. The molecule has 22 heavy (non-hydrogen) atoms. The number of aromatic nitrogens is 3. The quantitative estimate of drug-likeness (QED) is 0.910. The van der Waals surface area contributed by atoms with E-state index in [0.717, 1.165) is 31.9 Å². The number of ether oxygens (including phenoxy) is 1. The molecule has 2 aromatic rings. The van der Waals surface area contributed by atoms with E-state index in [1.165, 1.54) is 18.3 Å². The van der Waals surface area contributed by atoms with Gasteiger partial charge in [-0.05, 0) is 31.0 Å². The second kappa shape index (κ2) is 7.17. The molecule has 1 unspecified atom stereocenters. The van der Waals surface area contributed by atoms with Gasteiger partial charge in [-0.15, -0.1) is 0 Å². The Morgan fingerprint density at radius 2 is 2.36 bits per heavy atom. The summed E-state index contributed by atoms with van der Waals surface area (Å²) in [5.41, 5.74) is 1.26. The van der Waals surface area contributed by atoms with Gasteiger partial charge in [-0.25, -0.2) is 9.97 Å². The minimum absolute atomic E-state index is 0.394. The Morgan fingerprint density at radius 1 is 1.41 bits per heavy atom. The van der Waals surface area contributed by atoms with E-state index in [1.807, 2.05) is 24.5 Å². The molecule has 2 aromatic heterocycles. The zero-order chi connectivity index (χ0) is 15.2. The number of methoxy groups -OCH3 is 1. The first kappa shape index (κ1) is 14.7. The van der Waals surface area contributed by atoms with E-state index >= 15 is 0 Å². The van der Waals surface area contributed by atoms with Gasteiger partial charge in [-0.3, -0.25) is 9.88 Å². The van der Waals surface area contributed by atoms with Gasteiger partial charge in [0.15, 0.2) is 0 Å². The van der Waals surface area contributed by atoms with Crippen LogP contribution in [0.5, 0.6) is 5.88 Å². The molecule has 0 aliphatic carbocycles. The van der Waals surface area contributed by atoms with Gasteiger partial charge in [0.1, 0.15) is 12.1 Å². The number of hydrogen-bond donors (Lipinski definition) is 1. The first-order chi connectivity index (χ1) is 10.8. The van der Waals surface area contributed by atoms with Crippen molar-refractivity contribution < 1.29 is 4.74 Å². The van der Waals surface area contributed by atoms with Crippen LogP contribution in [-0.2, 0) is 6.54 Å². The topological polar surface area (TPSA) is 63.2 Å². The molecule has 0 radical (unpaired) electrons. The highest BCUT2D eigenvalue weighted by atomic mass is 16.5. The second-order valence-electron chi connectivity index (χ2n) is 5.53. The summed E-state index contributed by atoms with van der Waals surface area (Å²) in [7, 11) is 1.61. The number of nitrogens with zero attached hydrogens (tertiary/aromatic N) is 4. The average Bonchev–Trinajstić information content (AvgIpc) is 2.56. The summed E-state index contributed by atoms with van der Waals surface area (Å²) in [6, 6.07) is 6.34. The van der Waals surface area contributed by atoms with E-state index in [2.05, 4.69) is 31.2 Å². The molecule has 6 heteroatoms. The van der Waals surface area contributed by atoms with Gasteiger partial charge in [0, 0.05) is 37.6 Å². The maximum Gasteiger partial charge on any atom is 0.218 e. The summed E-state index contributed by atoms with van der Waals surface area (Å²) in [6.45, 7) is 3.07. The standard InChI is InChI=1S/C16H21N5O/c1-22-16-8-15(18-12-19-16)20-14-5-3-7-21(11-14)10-13-4-2-6-17-9-13/h2,4,6,8-9,12,14H,3,5,7,10-11H2,1H3,(H,18,19,20). The summed E-state index contributed by atoms with van der Waals surface area (Å²) in [4.78, 5) is 14.9. The Morgan fingerprint density at radius 3 is 3.18 bits per heavy atom. The summed E-state index contributed by atoms with van der Waals surface area (Å²) >= 11 is 0. The average molecular weight is 299 g/mol. The Bertz CT molecular complexity index is 592. The molecule has 1 fully saturated rings. The van der Waals surface area contributed by atoms with Crippen LogP contribution in [0.25, 0.3) is 0 Å². The van der Waals surface area contributed by atoms with Crippen LogP contribution in [0.1, 0.15) is 18.4 Å². The van der Waals surface area contributed by atoms with E-state index in [9.17, 15) is 0 Å². The fraction of sp³-hybridized carbons (Fsp3) is 0.438. The van der Waals surface area contributed by atoms with Crippen LogP contribution >= 0.6 is 0 Å². The van der Waals surface area contributed by atoms with Crippen molar-refractivity contribution in [2.24, 2.45) is 0 Å². The minimum atomic E-state index is 0.394. The van der Waals surface area contributed by atoms with Crippen LogP contribution in [0.3, 0.4) is 0 Å². The molecule has 1 saturated heterocycles. The van der Waals surface area contributed by atoms with Crippen LogP contribution in [-0.4, -0.2) is 46.1 Å². The van der Waals surface area contributed by atoms with E-state index in [-0.39, 0.29) is 0 Å². The third-order valence-corrected chi connectivity index (χ3v) is 3.84. The predicted molar refractivity (Wildman–Crippen MR) is 84.7 cm³/mol. The molecular weight excluding hydrogens is 278 g/mol. The lowest BCUT2D eigenvalue weighted by Gasteiger charge is -2.33. The smallest absolute Gasteiger partial charge is 0.218 e. The van der Waals surface area contributed by atoms with Crippen LogP contribution < -0.4 is 10.1 Å². The highest BCUT2D eigenvalue weighted by Crippen LogP contribution is 2.18. The van der Waals surface area contributed by atoms with Crippen LogP contribution in [0.4, 0.5) is 5.82 Å². The molecule has 0 bridgehead atoms. The second-order valence-corrected chi connectivity index (χ2v) is 5.53. The number of piperidine rings is 1. The number of pyridine rings is 1. The highest BCUT2D eigenvalue weighted by Gasteiger charge is 2.20. The van der Waals surface area contributed by atoms with E-state index in [1.54, 1.807) is 7.11 Å². The number of hydrogen-bond acceptors (Lipinski definition) is 6. The zero-order valence-corrected chi connectivity index (χ0v) is 12.8. The Kier molecular flexibility index (Phi) is 4.80. The molecule has 3 heterocycles. The van der Waals surface area contributed by atoms with E-state index < -0.39 is 0 Å². The summed E-state index contributed by atoms with van der Waals surface area (Å²) in [5.74, 6) is 1.40. The van der Waals surface area contributed by atoms with Gasteiger partial charge in [0.2, 0.25) is 5.88 Å². The van der Waals surface area contributed by atoms with Crippen molar-refractivity contribution in [2.75, 3.05) is 25.5 Å². The van der Waals surface area contributed by atoms with Gasteiger partial charge in [-0.2, -0.15) is 0 Å². The van der Waals surface area contributed by atoms with Crippen molar-refractivity contribution in [2.45, 2.75) is 25.4 Å². The molecule has 1 N–H and O–H groups in total. The van der Waals surface area contributed by atoms with Gasteiger partial charge in [0.25, 0.3) is 0 Å². The largest absolute Gasteiger partial charge is 0.481 e. The molecular formula is C16H21N5O. The third-order valence-electron chi connectivity index (χ3n) is 3.84. The van der Waals surface area contributed by atoms with Gasteiger partial charge < -0.3 is 10.1 Å². The maximum atomic E-state index is 5.14. The Labute approximate surface area is 130 Å². The predicted octanol–water partition coefficient (Wildman–Crippen LogP) is 1.96. The van der Waals surface area contributed by atoms with Crippen molar-refractivity contribution >= 4 is 5.82 Å². The maximum absolute atomic E-state index is 5.14. The van der Waals surface area contributed by atoms with Crippen LogP contribution in [0.15, 0.2) is 36.9 Å². The molecule has 6 nitrogen and oxygen atoms in total. The fourth-order valence-corrected chi connectivity index (χ4v) is 2.81. The molecule has 1 aliphatic rings. The lowest BCUT2D eigenvalue weighted by Crippen LogP contribution is -2.41. The van der Waals surface area contributed by atoms with Crippen molar-refractivity contribution in [3.63, 3.8) is 0 Å². The minimum Gasteiger partial charge on any atom is -0.481 e. The van der Waals surface area contributed by atoms with Crippen LogP contribution in [0, 0.1) is 0 Å². The molecule has 0 saturated carbocycles.